The largest absolute Gasteiger partial charge is 0.144 e. The maximum Gasteiger partial charge on any atom is 0 e. The molecule has 0 unspecified atom stereocenters. The minimum Gasteiger partial charge on any atom is -0.144 e. The van der Waals surface area contributed by atoms with Gasteiger partial charge in [-0.25, -0.2) is 0 Å². The van der Waals surface area contributed by atoms with Gasteiger partial charge in [0, 0.05) is 0 Å². The molecular formula is C20H19No-. The smallest absolute Gasteiger partial charge is 0 e. The topological polar surface area (TPSA) is 0 Å². The fourth-order valence-corrected chi connectivity index (χ4v) is 1.83. The first-order valence-electron chi connectivity index (χ1n) is 6.81. The van der Waals surface area contributed by atoms with Crippen molar-refractivity contribution in [2.75, 3.05) is 0 Å². The summed E-state index contributed by atoms with van der Waals surface area (Å²) < 4.78 is 0. The van der Waals surface area contributed by atoms with Crippen LogP contribution in [0.2, 0.25) is 0 Å². The molecule has 0 aliphatic carbocycles. The van der Waals surface area contributed by atoms with Gasteiger partial charge in [-0.05, 0) is 6.92 Å². The molecule has 0 aromatic heterocycles. The van der Waals surface area contributed by atoms with Crippen molar-refractivity contribution in [1.82, 2.24) is 0 Å². The van der Waals surface area contributed by atoms with Crippen molar-refractivity contribution in [1.29, 1.82) is 0 Å². The summed E-state index contributed by atoms with van der Waals surface area (Å²) in [6.45, 7) is 4.16. The third-order valence-electron chi connectivity index (χ3n) is 2.99. The van der Waals surface area contributed by atoms with E-state index in [1.807, 2.05) is 42.5 Å². The summed E-state index contributed by atoms with van der Waals surface area (Å²) >= 11 is 0. The molecule has 0 spiro atoms. The second-order valence-electron chi connectivity index (χ2n) is 4.80. The molecule has 0 saturated carbocycles. The van der Waals surface area contributed by atoms with Gasteiger partial charge in [0.05, 0.1) is 0 Å². The Balaban J connectivity index is 0.000000236. The number of benzene rings is 3. The normalized spacial score (nSPS) is 9.05. The standard InChI is InChI=1S/C13H11.C7H8.No/c1-11-7-9-13(10-8-11)12-5-3-2-4-6-12;1-7-5-3-2-4-6-7;/h2-9H,1H3;2-6H,1H3;/q-1;;. The molecule has 0 N–H and O–H groups in total. The van der Waals surface area contributed by atoms with Gasteiger partial charge in [0.2, 0.25) is 0 Å². The first kappa shape index (κ1) is 15.7. The Bertz CT molecular complexity index is 613. The molecule has 3 aromatic carbocycles. The van der Waals surface area contributed by atoms with Crippen LogP contribution >= 0.6 is 0 Å². The van der Waals surface area contributed by atoms with Crippen LogP contribution in [-0.4, -0.2) is 0 Å². The Kier molecular flexibility index (Phi) is 5.95. The predicted molar refractivity (Wildman–Crippen MR) is 86.6 cm³/mol. The van der Waals surface area contributed by atoms with Gasteiger partial charge >= 0.3 is 0 Å². The van der Waals surface area contributed by atoms with E-state index in [4.69, 9.17) is 0 Å². The van der Waals surface area contributed by atoms with Crippen LogP contribution in [0.5, 0.6) is 0 Å². The summed E-state index contributed by atoms with van der Waals surface area (Å²) in [6, 6.07) is 30.1. The molecule has 0 bridgehead atoms. The Morgan fingerprint density at radius 3 is 1.62 bits per heavy atom. The van der Waals surface area contributed by atoms with E-state index in [0.717, 1.165) is 5.56 Å². The van der Waals surface area contributed by atoms with Gasteiger partial charge in [-0.2, -0.15) is 0 Å². The van der Waals surface area contributed by atoms with Crippen molar-refractivity contribution in [3.8, 4) is 11.1 Å². The van der Waals surface area contributed by atoms with Crippen molar-refractivity contribution < 1.29 is 0 Å². The van der Waals surface area contributed by atoms with E-state index < -0.39 is 0 Å². The summed E-state index contributed by atoms with van der Waals surface area (Å²) in [4.78, 5) is 0. The minimum atomic E-state index is 0. The van der Waals surface area contributed by atoms with Crippen molar-refractivity contribution in [3.63, 3.8) is 0 Å². The van der Waals surface area contributed by atoms with E-state index >= 15 is 0 Å². The Hall–Kier alpha value is -3.34. The van der Waals surface area contributed by atoms with E-state index in [9.17, 15) is 0 Å². The van der Waals surface area contributed by atoms with Crippen molar-refractivity contribution in [2.24, 2.45) is 0 Å². The number of hydrogen-bond acceptors (Lipinski definition) is 0. The first-order chi connectivity index (χ1) is 9.75. The zero-order chi connectivity index (χ0) is 14.2. The molecule has 0 heterocycles. The Labute approximate surface area is 121 Å². The third-order valence-corrected chi connectivity index (χ3v) is 2.99. The van der Waals surface area contributed by atoms with Crippen LogP contribution in [-0.2, 0) is 0 Å². The van der Waals surface area contributed by atoms with E-state index in [1.165, 1.54) is 16.7 Å². The second kappa shape index (κ2) is 7.96. The minimum absolute atomic E-state index is 0. The van der Waals surface area contributed by atoms with E-state index in [2.05, 4.69) is 56.3 Å². The molecule has 1 heteroatoms. The summed E-state index contributed by atoms with van der Waals surface area (Å²) in [7, 11) is 0. The van der Waals surface area contributed by atoms with Crippen molar-refractivity contribution >= 4 is 0 Å². The second-order valence-corrected chi connectivity index (χ2v) is 4.80. The molecule has 0 radical (unpaired) electrons. The molecule has 0 atom stereocenters. The van der Waals surface area contributed by atoms with Crippen LogP contribution in [0.1, 0.15) is 11.1 Å². The molecule has 21 heavy (non-hydrogen) atoms. The quantitative estimate of drug-likeness (QED) is 0.376. The molecule has 0 nitrogen and oxygen atoms in total. The molecule has 3 rings (SSSR count). The molecule has 0 aliphatic heterocycles. The summed E-state index contributed by atoms with van der Waals surface area (Å²) in [5.41, 5.74) is 4.95. The van der Waals surface area contributed by atoms with Crippen LogP contribution in [0.25, 0.3) is 11.1 Å². The molecule has 0 fully saturated rings. The average molecular weight is 518 g/mol. The summed E-state index contributed by atoms with van der Waals surface area (Å²) in [5.74, 6) is 0. The summed E-state index contributed by atoms with van der Waals surface area (Å²) in [6.07, 6.45) is 0. The van der Waals surface area contributed by atoms with E-state index in [0.29, 0.717) is 0 Å². The molecular weight excluding hydrogens is 499 g/mol. The van der Waals surface area contributed by atoms with Gasteiger partial charge in [-0.3, -0.25) is 0 Å². The number of rotatable bonds is 1. The van der Waals surface area contributed by atoms with Crippen molar-refractivity contribution in [2.45, 2.75) is 13.8 Å². The number of aryl methyl sites for hydroxylation is 2. The Morgan fingerprint density at radius 2 is 1.19 bits per heavy atom. The van der Waals surface area contributed by atoms with Gasteiger partial charge < -0.3 is 0 Å². The van der Waals surface area contributed by atoms with Crippen molar-refractivity contribution in [3.05, 3.63) is 96.1 Å². The monoisotopic (exact) mass is 518 g/mol. The van der Waals surface area contributed by atoms with Crippen LogP contribution < -0.4 is 0 Å². The van der Waals surface area contributed by atoms with E-state index in [1.54, 1.807) is 0 Å². The van der Waals surface area contributed by atoms with Crippen LogP contribution in [0.4, 0.5) is 0 Å². The molecule has 0 amide bonds. The van der Waals surface area contributed by atoms with Gasteiger partial charge in [0.1, 0.15) is 0 Å². The zero-order valence-corrected chi connectivity index (χ0v) is 14.5. The zero-order valence-electron chi connectivity index (χ0n) is 12.3. The Morgan fingerprint density at radius 1 is 0.619 bits per heavy atom. The SMILES string of the molecule is Cc1c[c-]c(-c2ccccc2)cc1.Cc1ccccc1.[No]. The van der Waals surface area contributed by atoms with Crippen LogP contribution in [0.3, 0.4) is 0 Å². The maximum atomic E-state index is 3.25. The van der Waals surface area contributed by atoms with Crippen LogP contribution in [0.15, 0.2) is 78.9 Å². The van der Waals surface area contributed by atoms with E-state index in [-0.39, 0.29) is 0 Å². The predicted octanol–water partition coefficient (Wildman–Crippen LogP) is 5.46. The first-order valence-corrected chi connectivity index (χ1v) is 6.81. The molecule has 114 valence electrons. The fraction of sp³-hybridized carbons (Fsp3) is 0.100. The summed E-state index contributed by atoms with van der Waals surface area (Å²) in [5, 5.41) is 0. The molecule has 3 aromatic rings. The fourth-order valence-electron chi connectivity index (χ4n) is 1.83. The van der Waals surface area contributed by atoms with Crippen LogP contribution in [0, 0.1) is 19.9 Å². The van der Waals surface area contributed by atoms with Gasteiger partial charge in [-0.1, -0.05) is 78.7 Å². The molecule has 0 saturated heterocycles. The molecule has 0 aliphatic rings. The van der Waals surface area contributed by atoms with Gasteiger partial charge in [0.15, 0.2) is 0 Å². The van der Waals surface area contributed by atoms with Gasteiger partial charge in [-0.15, -0.1) is 35.4 Å². The maximum absolute atomic E-state index is 3.25. The number of hydrogen-bond donors (Lipinski definition) is 0. The third kappa shape index (κ3) is 5.04. The van der Waals surface area contributed by atoms with Gasteiger partial charge in [0.25, 0.3) is 0 Å². The average Bonchev–Trinajstić information content (AvgIpc) is 2.50.